The summed E-state index contributed by atoms with van der Waals surface area (Å²) in [6.45, 7) is 6.51. The average molecular weight is 276 g/mol. The predicted octanol–water partition coefficient (Wildman–Crippen LogP) is 4.61. The molecule has 0 aromatic heterocycles. The highest BCUT2D eigenvalue weighted by molar-refractivity contribution is 5.97. The van der Waals surface area contributed by atoms with Gasteiger partial charge < -0.3 is 0 Å². The highest BCUT2D eigenvalue weighted by atomic mass is 16.1. The molecular formula is C20H20O. The lowest BCUT2D eigenvalue weighted by atomic mass is 9.84. The Morgan fingerprint density at radius 3 is 2.24 bits per heavy atom. The van der Waals surface area contributed by atoms with E-state index in [-0.39, 0.29) is 17.6 Å². The summed E-state index contributed by atoms with van der Waals surface area (Å²) in [5.41, 5.74) is 2.99. The lowest BCUT2D eigenvalue weighted by Gasteiger charge is -2.20. The molecule has 0 amide bonds. The van der Waals surface area contributed by atoms with Gasteiger partial charge >= 0.3 is 0 Å². The SMILES string of the molecule is CC(C)(C)c1ccccc1C#CCC(=O)c1ccccc1. The van der Waals surface area contributed by atoms with Crippen LogP contribution in [0.25, 0.3) is 0 Å². The van der Waals surface area contributed by atoms with E-state index < -0.39 is 0 Å². The molecule has 0 saturated heterocycles. The molecule has 2 aromatic carbocycles. The number of hydrogen-bond donors (Lipinski definition) is 0. The Balaban J connectivity index is 2.16. The van der Waals surface area contributed by atoms with Crippen molar-refractivity contribution in [2.75, 3.05) is 0 Å². The van der Waals surface area contributed by atoms with Crippen LogP contribution in [0.3, 0.4) is 0 Å². The molecule has 0 fully saturated rings. The Morgan fingerprint density at radius 2 is 1.57 bits per heavy atom. The van der Waals surface area contributed by atoms with Crippen molar-refractivity contribution in [1.29, 1.82) is 0 Å². The Hall–Kier alpha value is -2.33. The third kappa shape index (κ3) is 4.07. The van der Waals surface area contributed by atoms with Crippen LogP contribution in [-0.2, 0) is 5.41 Å². The Bertz CT molecular complexity index is 679. The van der Waals surface area contributed by atoms with Gasteiger partial charge in [0.2, 0.25) is 0 Å². The first-order valence-corrected chi connectivity index (χ1v) is 7.15. The number of ketones is 1. The van der Waals surface area contributed by atoms with Crippen LogP contribution in [0.1, 0.15) is 48.7 Å². The lowest BCUT2D eigenvalue weighted by molar-refractivity contribution is 0.0998. The van der Waals surface area contributed by atoms with Crippen molar-refractivity contribution in [2.24, 2.45) is 0 Å². The standard InChI is InChI=1S/C20H20O/c1-20(2,3)18-14-8-7-10-16(18)13-9-15-19(21)17-11-5-4-6-12-17/h4-8,10-12,14H,15H2,1-3H3. The molecule has 0 spiro atoms. The molecule has 2 rings (SSSR count). The van der Waals surface area contributed by atoms with Gasteiger partial charge in [0.25, 0.3) is 0 Å². The van der Waals surface area contributed by atoms with E-state index in [2.05, 4.69) is 38.7 Å². The van der Waals surface area contributed by atoms with Gasteiger partial charge in [-0.1, -0.05) is 81.1 Å². The Morgan fingerprint density at radius 1 is 0.952 bits per heavy atom. The maximum Gasteiger partial charge on any atom is 0.174 e. The van der Waals surface area contributed by atoms with Gasteiger partial charge in [-0.05, 0) is 17.0 Å². The molecule has 0 unspecified atom stereocenters. The van der Waals surface area contributed by atoms with Crippen LogP contribution < -0.4 is 0 Å². The number of rotatable bonds is 2. The van der Waals surface area contributed by atoms with Crippen molar-refractivity contribution in [3.8, 4) is 11.8 Å². The summed E-state index contributed by atoms with van der Waals surface area (Å²) in [5.74, 6) is 6.23. The monoisotopic (exact) mass is 276 g/mol. The van der Waals surface area contributed by atoms with Crippen molar-refractivity contribution < 1.29 is 4.79 Å². The molecule has 0 atom stereocenters. The van der Waals surface area contributed by atoms with E-state index in [9.17, 15) is 4.79 Å². The number of carbonyl (C=O) groups is 1. The van der Waals surface area contributed by atoms with Crippen LogP contribution in [0.4, 0.5) is 0 Å². The lowest BCUT2D eigenvalue weighted by Crippen LogP contribution is -2.12. The van der Waals surface area contributed by atoms with Gasteiger partial charge in [-0.3, -0.25) is 4.79 Å². The molecule has 0 N–H and O–H groups in total. The molecule has 21 heavy (non-hydrogen) atoms. The van der Waals surface area contributed by atoms with Crippen molar-refractivity contribution in [2.45, 2.75) is 32.6 Å². The number of hydrogen-bond acceptors (Lipinski definition) is 1. The predicted molar refractivity (Wildman–Crippen MR) is 87.4 cm³/mol. The van der Waals surface area contributed by atoms with Crippen molar-refractivity contribution in [3.63, 3.8) is 0 Å². The smallest absolute Gasteiger partial charge is 0.174 e. The molecule has 2 aromatic rings. The zero-order valence-corrected chi connectivity index (χ0v) is 12.8. The molecule has 1 heteroatoms. The van der Waals surface area contributed by atoms with E-state index in [1.165, 1.54) is 5.56 Å². The topological polar surface area (TPSA) is 17.1 Å². The molecule has 0 aliphatic heterocycles. The van der Waals surface area contributed by atoms with Crippen LogP contribution >= 0.6 is 0 Å². The minimum atomic E-state index is 0.0503. The second-order valence-corrected chi connectivity index (χ2v) is 6.06. The number of carbonyl (C=O) groups excluding carboxylic acids is 1. The first kappa shape index (κ1) is 15.1. The van der Waals surface area contributed by atoms with Crippen molar-refractivity contribution in [1.82, 2.24) is 0 Å². The van der Waals surface area contributed by atoms with Crippen LogP contribution in [0, 0.1) is 11.8 Å². The maximum atomic E-state index is 12.0. The zero-order valence-electron chi connectivity index (χ0n) is 12.8. The van der Waals surface area contributed by atoms with Gasteiger partial charge in [0.15, 0.2) is 5.78 Å². The fraction of sp³-hybridized carbons (Fsp3) is 0.250. The van der Waals surface area contributed by atoms with Gasteiger partial charge in [0.05, 0.1) is 6.42 Å². The molecule has 0 radical (unpaired) electrons. The van der Waals surface area contributed by atoms with Gasteiger partial charge in [-0.2, -0.15) is 0 Å². The van der Waals surface area contributed by atoms with Gasteiger partial charge in [-0.15, -0.1) is 0 Å². The molecule has 0 bridgehead atoms. The molecule has 0 heterocycles. The van der Waals surface area contributed by atoms with E-state index in [4.69, 9.17) is 0 Å². The van der Waals surface area contributed by atoms with E-state index in [1.807, 2.05) is 48.5 Å². The van der Waals surface area contributed by atoms with Gasteiger partial charge in [0, 0.05) is 11.1 Å². The fourth-order valence-corrected chi connectivity index (χ4v) is 2.19. The van der Waals surface area contributed by atoms with Crippen LogP contribution in [0.2, 0.25) is 0 Å². The zero-order chi connectivity index (χ0) is 15.3. The second kappa shape index (κ2) is 6.41. The summed E-state index contributed by atoms with van der Waals surface area (Å²) in [5, 5.41) is 0. The Labute approximate surface area is 127 Å². The second-order valence-electron chi connectivity index (χ2n) is 6.06. The number of benzene rings is 2. The minimum Gasteiger partial charge on any atom is -0.293 e. The molecule has 0 aliphatic carbocycles. The molecular weight excluding hydrogens is 256 g/mol. The summed E-state index contributed by atoms with van der Waals surface area (Å²) >= 11 is 0. The molecule has 0 aliphatic rings. The fourth-order valence-electron chi connectivity index (χ4n) is 2.19. The van der Waals surface area contributed by atoms with Crippen LogP contribution in [0.15, 0.2) is 54.6 Å². The minimum absolute atomic E-state index is 0.0503. The van der Waals surface area contributed by atoms with E-state index in [0.29, 0.717) is 0 Å². The van der Waals surface area contributed by atoms with Crippen molar-refractivity contribution in [3.05, 3.63) is 71.3 Å². The van der Waals surface area contributed by atoms with E-state index in [1.54, 1.807) is 0 Å². The van der Waals surface area contributed by atoms with Gasteiger partial charge in [-0.25, -0.2) is 0 Å². The maximum absolute atomic E-state index is 12.0. The first-order valence-electron chi connectivity index (χ1n) is 7.15. The summed E-state index contributed by atoms with van der Waals surface area (Å²) in [7, 11) is 0. The van der Waals surface area contributed by atoms with Gasteiger partial charge in [0.1, 0.15) is 0 Å². The summed E-state index contributed by atoms with van der Waals surface area (Å²) in [6, 6.07) is 17.4. The normalized spacial score (nSPS) is 10.6. The van der Waals surface area contributed by atoms with Crippen LogP contribution in [0.5, 0.6) is 0 Å². The first-order chi connectivity index (χ1) is 9.98. The third-order valence-electron chi connectivity index (χ3n) is 3.30. The quantitative estimate of drug-likeness (QED) is 0.578. The average Bonchev–Trinajstić information content (AvgIpc) is 2.47. The highest BCUT2D eigenvalue weighted by Crippen LogP contribution is 2.25. The molecule has 0 saturated carbocycles. The molecule has 106 valence electrons. The highest BCUT2D eigenvalue weighted by Gasteiger charge is 2.16. The van der Waals surface area contributed by atoms with E-state index >= 15 is 0 Å². The Kier molecular flexibility index (Phi) is 4.60. The third-order valence-corrected chi connectivity index (χ3v) is 3.30. The summed E-state index contributed by atoms with van der Waals surface area (Å²) in [6.07, 6.45) is 0.252. The van der Waals surface area contributed by atoms with Crippen LogP contribution in [-0.4, -0.2) is 5.78 Å². The van der Waals surface area contributed by atoms with Crippen molar-refractivity contribution >= 4 is 5.78 Å². The van der Waals surface area contributed by atoms with E-state index in [0.717, 1.165) is 11.1 Å². The number of Topliss-reactive ketones (excluding diaryl/α,β-unsaturated/α-hetero) is 1. The largest absolute Gasteiger partial charge is 0.293 e. The summed E-state index contributed by atoms with van der Waals surface area (Å²) in [4.78, 5) is 12.0. The summed E-state index contributed by atoms with van der Waals surface area (Å²) < 4.78 is 0. The molecule has 1 nitrogen and oxygen atoms in total.